The highest BCUT2D eigenvalue weighted by Gasteiger charge is 2.48. The van der Waals surface area contributed by atoms with Gasteiger partial charge in [0.05, 0.1) is 17.6 Å². The minimum absolute atomic E-state index is 0.00304. The molecular weight excluding hydrogens is 465 g/mol. The Hall–Kier alpha value is -3.29. The van der Waals surface area contributed by atoms with E-state index in [-0.39, 0.29) is 41.9 Å². The van der Waals surface area contributed by atoms with Crippen LogP contribution < -0.4 is 15.4 Å². The lowest BCUT2D eigenvalue weighted by molar-refractivity contribution is -0.274. The van der Waals surface area contributed by atoms with Gasteiger partial charge in [0, 0.05) is 31.6 Å². The monoisotopic (exact) mass is 494 g/mol. The number of rotatable bonds is 8. The third-order valence-electron chi connectivity index (χ3n) is 6.43. The van der Waals surface area contributed by atoms with Crippen LogP contribution in [0, 0.1) is 17.2 Å². The van der Waals surface area contributed by atoms with Gasteiger partial charge in [0.15, 0.2) is 0 Å². The van der Waals surface area contributed by atoms with Crippen LogP contribution in [0.2, 0.25) is 0 Å². The molecule has 3 amide bonds. The fourth-order valence-electron chi connectivity index (χ4n) is 4.47. The van der Waals surface area contributed by atoms with Crippen LogP contribution in [0.25, 0.3) is 0 Å². The molecule has 1 heterocycles. The van der Waals surface area contributed by atoms with Crippen molar-refractivity contribution in [3.63, 3.8) is 0 Å². The SMILES string of the molecule is CCCC(=O)NC1(C(=O)N2CCC[C@@H](C(=O)NCc3ccc(C#N)cc3OC(F)(F)F)C2)CCC1. The highest BCUT2D eigenvalue weighted by Crippen LogP contribution is 2.35. The molecule has 2 N–H and O–H groups in total. The number of ether oxygens (including phenoxy) is 1. The van der Waals surface area contributed by atoms with E-state index in [2.05, 4.69) is 15.4 Å². The van der Waals surface area contributed by atoms with Crippen LogP contribution in [0.1, 0.15) is 63.0 Å². The average Bonchev–Trinajstić information content (AvgIpc) is 2.79. The summed E-state index contributed by atoms with van der Waals surface area (Å²) in [4.78, 5) is 39.8. The zero-order valence-electron chi connectivity index (χ0n) is 19.5. The van der Waals surface area contributed by atoms with Gasteiger partial charge in [-0.15, -0.1) is 13.2 Å². The Bertz CT molecular complexity index is 1000. The highest BCUT2D eigenvalue weighted by molar-refractivity contribution is 5.93. The van der Waals surface area contributed by atoms with E-state index in [1.807, 2.05) is 6.92 Å². The van der Waals surface area contributed by atoms with E-state index in [9.17, 15) is 27.6 Å². The number of carbonyl (C=O) groups excluding carboxylic acids is 3. The minimum atomic E-state index is -4.94. The molecule has 0 aromatic heterocycles. The molecule has 2 aliphatic rings. The Balaban J connectivity index is 1.63. The van der Waals surface area contributed by atoms with Gasteiger partial charge in [-0.2, -0.15) is 5.26 Å². The zero-order chi connectivity index (χ0) is 25.6. The Morgan fingerprint density at radius 3 is 2.60 bits per heavy atom. The van der Waals surface area contributed by atoms with Crippen LogP contribution >= 0.6 is 0 Å². The first kappa shape index (κ1) is 26.3. The number of carbonyl (C=O) groups is 3. The van der Waals surface area contributed by atoms with Gasteiger partial charge >= 0.3 is 6.36 Å². The number of hydrogen-bond donors (Lipinski definition) is 2. The third-order valence-corrected chi connectivity index (χ3v) is 6.43. The second-order valence-electron chi connectivity index (χ2n) is 9.02. The number of nitrogens with one attached hydrogen (secondary N) is 2. The van der Waals surface area contributed by atoms with Gasteiger partial charge in [0.25, 0.3) is 0 Å². The van der Waals surface area contributed by atoms with Crippen molar-refractivity contribution < 1.29 is 32.3 Å². The topological polar surface area (TPSA) is 112 Å². The lowest BCUT2D eigenvalue weighted by atomic mass is 9.75. The molecule has 1 saturated heterocycles. The number of likely N-dealkylation sites (tertiary alicyclic amines) is 1. The number of alkyl halides is 3. The Kier molecular flexibility index (Phi) is 8.25. The van der Waals surface area contributed by atoms with E-state index >= 15 is 0 Å². The maximum absolute atomic E-state index is 13.3. The fraction of sp³-hybridized carbons (Fsp3) is 0.583. The molecule has 0 spiro atoms. The molecule has 1 atom stereocenters. The van der Waals surface area contributed by atoms with E-state index in [0.29, 0.717) is 45.1 Å². The summed E-state index contributed by atoms with van der Waals surface area (Å²) in [7, 11) is 0. The van der Waals surface area contributed by atoms with Crippen molar-refractivity contribution in [2.24, 2.45) is 5.92 Å². The summed E-state index contributed by atoms with van der Waals surface area (Å²) in [6.07, 6.45) is -0.826. The van der Waals surface area contributed by atoms with Crippen LogP contribution in [0.15, 0.2) is 18.2 Å². The predicted molar refractivity (Wildman–Crippen MR) is 119 cm³/mol. The summed E-state index contributed by atoms with van der Waals surface area (Å²) in [5, 5.41) is 14.5. The van der Waals surface area contributed by atoms with Crippen molar-refractivity contribution >= 4 is 17.7 Å². The van der Waals surface area contributed by atoms with Crippen LogP contribution in [0.3, 0.4) is 0 Å². The summed E-state index contributed by atoms with van der Waals surface area (Å²) in [5.41, 5.74) is -0.834. The smallest absolute Gasteiger partial charge is 0.405 e. The lowest BCUT2D eigenvalue weighted by Crippen LogP contribution is -2.64. The van der Waals surface area contributed by atoms with Crippen molar-refractivity contribution in [1.29, 1.82) is 5.26 Å². The first-order chi connectivity index (χ1) is 16.6. The van der Waals surface area contributed by atoms with E-state index in [0.717, 1.165) is 12.5 Å². The van der Waals surface area contributed by atoms with Crippen molar-refractivity contribution in [3.8, 4) is 11.8 Å². The van der Waals surface area contributed by atoms with Crippen LogP contribution in [0.5, 0.6) is 5.75 Å². The molecular formula is C24H29F3N4O4. The van der Waals surface area contributed by atoms with Gasteiger partial charge in [-0.3, -0.25) is 14.4 Å². The molecule has 35 heavy (non-hydrogen) atoms. The van der Waals surface area contributed by atoms with E-state index in [4.69, 9.17) is 5.26 Å². The molecule has 0 bridgehead atoms. The molecule has 3 rings (SSSR count). The molecule has 190 valence electrons. The molecule has 1 aromatic rings. The van der Waals surface area contributed by atoms with Crippen molar-refractivity contribution in [3.05, 3.63) is 29.3 Å². The van der Waals surface area contributed by atoms with Gasteiger partial charge < -0.3 is 20.3 Å². The van der Waals surface area contributed by atoms with Crippen LogP contribution in [0.4, 0.5) is 13.2 Å². The first-order valence-electron chi connectivity index (χ1n) is 11.7. The molecule has 2 fully saturated rings. The van der Waals surface area contributed by atoms with E-state index in [1.54, 1.807) is 11.0 Å². The van der Waals surface area contributed by atoms with E-state index < -0.39 is 23.6 Å². The molecule has 1 aromatic carbocycles. The molecule has 1 aliphatic carbocycles. The van der Waals surface area contributed by atoms with Gasteiger partial charge in [-0.1, -0.05) is 13.0 Å². The molecule has 1 aliphatic heterocycles. The summed E-state index contributed by atoms with van der Waals surface area (Å²) in [6.45, 7) is 2.32. The quantitative estimate of drug-likeness (QED) is 0.577. The summed E-state index contributed by atoms with van der Waals surface area (Å²) < 4.78 is 42.3. The first-order valence-corrected chi connectivity index (χ1v) is 11.7. The Labute approximate surface area is 201 Å². The molecule has 0 radical (unpaired) electrons. The number of nitriles is 1. The van der Waals surface area contributed by atoms with Crippen molar-refractivity contribution in [2.45, 2.75) is 70.3 Å². The zero-order valence-corrected chi connectivity index (χ0v) is 19.5. The Morgan fingerprint density at radius 1 is 1.26 bits per heavy atom. The second kappa shape index (κ2) is 11.0. The van der Waals surface area contributed by atoms with Gasteiger partial charge in [0.1, 0.15) is 11.3 Å². The standard InChI is InChI=1S/C24H29F3N4O4/c1-2-5-20(32)30-23(9-4-10-23)22(34)31-11-3-6-18(15-31)21(33)29-14-17-8-7-16(13-28)12-19(17)35-24(25,26)27/h7-8,12,18H,2-6,9-11,14-15H2,1H3,(H,29,33)(H,30,32)/t18-/m1/s1. The second-order valence-corrected chi connectivity index (χ2v) is 9.02. The molecule has 0 unspecified atom stereocenters. The number of amides is 3. The number of hydrogen-bond acceptors (Lipinski definition) is 5. The van der Waals surface area contributed by atoms with E-state index in [1.165, 1.54) is 12.1 Å². The number of nitrogens with zero attached hydrogens (tertiary/aromatic N) is 2. The Morgan fingerprint density at radius 2 is 2.00 bits per heavy atom. The summed E-state index contributed by atoms with van der Waals surface area (Å²) >= 11 is 0. The number of halogens is 3. The largest absolute Gasteiger partial charge is 0.573 e. The summed E-state index contributed by atoms with van der Waals surface area (Å²) in [6, 6.07) is 5.37. The van der Waals surface area contributed by atoms with Gasteiger partial charge in [-0.25, -0.2) is 0 Å². The minimum Gasteiger partial charge on any atom is -0.405 e. The molecule has 11 heteroatoms. The summed E-state index contributed by atoms with van der Waals surface area (Å²) in [5.74, 6) is -1.80. The third kappa shape index (κ3) is 6.65. The van der Waals surface area contributed by atoms with Crippen LogP contribution in [-0.4, -0.2) is 47.6 Å². The van der Waals surface area contributed by atoms with Crippen LogP contribution in [-0.2, 0) is 20.9 Å². The van der Waals surface area contributed by atoms with Gasteiger partial charge in [-0.05, 0) is 50.7 Å². The lowest BCUT2D eigenvalue weighted by Gasteiger charge is -2.45. The maximum atomic E-state index is 13.3. The van der Waals surface area contributed by atoms with Gasteiger partial charge in [0.2, 0.25) is 17.7 Å². The fourth-order valence-corrected chi connectivity index (χ4v) is 4.47. The van der Waals surface area contributed by atoms with Crippen molar-refractivity contribution in [2.75, 3.05) is 13.1 Å². The molecule has 8 nitrogen and oxygen atoms in total. The predicted octanol–water partition coefficient (Wildman–Crippen LogP) is 3.15. The average molecular weight is 495 g/mol. The molecule has 1 saturated carbocycles. The van der Waals surface area contributed by atoms with Crippen molar-refractivity contribution in [1.82, 2.24) is 15.5 Å². The normalized spacial score (nSPS) is 19.2. The maximum Gasteiger partial charge on any atom is 0.573 e. The number of benzene rings is 1. The number of piperidine rings is 1. The highest BCUT2D eigenvalue weighted by atomic mass is 19.4.